The van der Waals surface area contributed by atoms with Crippen molar-refractivity contribution in [3.05, 3.63) is 82.7 Å². The Morgan fingerprint density at radius 2 is 1.79 bits per heavy atom. The smallest absolute Gasteiger partial charge is 0.152 e. The van der Waals surface area contributed by atoms with Gasteiger partial charge >= 0.3 is 0 Å². The van der Waals surface area contributed by atoms with E-state index >= 15 is 0 Å². The molecule has 2 aliphatic rings. The monoisotopic (exact) mass is 449 g/mol. The first-order valence-electron chi connectivity index (χ1n) is 12.0. The number of aliphatic hydroxyl groups is 1. The molecule has 2 N–H and O–H groups in total. The van der Waals surface area contributed by atoms with Gasteiger partial charge in [0, 0.05) is 49.3 Å². The zero-order chi connectivity index (χ0) is 22.6. The fraction of sp³-hybridized carbons (Fsp3) is 0.462. The number of hydrogen-bond acceptors (Lipinski definition) is 5. The Kier molecular flexibility index (Phi) is 6.80. The van der Waals surface area contributed by atoms with Crippen molar-refractivity contribution in [2.24, 2.45) is 0 Å². The minimum atomic E-state index is -0.659. The molecule has 0 amide bonds. The molecule has 174 valence electrons. The highest BCUT2D eigenvalue weighted by atomic mass is 19.1. The van der Waals surface area contributed by atoms with E-state index in [0.29, 0.717) is 19.1 Å². The molecule has 5 rings (SSSR count). The number of fused-ring (bicyclic) bond motifs is 1. The van der Waals surface area contributed by atoms with Crippen molar-refractivity contribution in [1.82, 2.24) is 25.0 Å². The van der Waals surface area contributed by atoms with E-state index in [1.807, 2.05) is 36.7 Å². The van der Waals surface area contributed by atoms with Gasteiger partial charge in [-0.2, -0.15) is 5.10 Å². The molecule has 1 aliphatic carbocycles. The molecular formula is C26H32FN5O. The fourth-order valence-corrected chi connectivity index (χ4v) is 5.09. The van der Waals surface area contributed by atoms with Crippen LogP contribution in [0.15, 0.2) is 48.8 Å². The van der Waals surface area contributed by atoms with E-state index in [0.717, 1.165) is 62.0 Å². The number of hydrogen-bond donors (Lipinski definition) is 2. The predicted octanol–water partition coefficient (Wildman–Crippen LogP) is 3.59. The standard InChI is InChI=1S/C26H32FN5O/c27-21-6-4-19(5-7-21)17-29-22-8-9-24-23(16-22)25(26(33)31-14-2-1-3-15-31)30-32(24)18-20-10-12-28-13-11-20/h4-7,10-13,22,26,29,33H,1-3,8-9,14-18H2. The van der Waals surface area contributed by atoms with Crippen molar-refractivity contribution in [2.45, 2.75) is 63.9 Å². The van der Waals surface area contributed by atoms with Gasteiger partial charge in [0.25, 0.3) is 0 Å². The number of piperidine rings is 1. The number of benzene rings is 1. The molecule has 3 heterocycles. The third-order valence-electron chi connectivity index (χ3n) is 6.95. The van der Waals surface area contributed by atoms with Crippen LogP contribution >= 0.6 is 0 Å². The van der Waals surface area contributed by atoms with Crippen LogP contribution in [0.25, 0.3) is 0 Å². The number of nitrogens with zero attached hydrogens (tertiary/aromatic N) is 4. The average Bonchev–Trinajstić information content (AvgIpc) is 3.22. The Bertz CT molecular complexity index is 1050. The van der Waals surface area contributed by atoms with Gasteiger partial charge in [-0.1, -0.05) is 18.6 Å². The molecule has 0 spiro atoms. The summed E-state index contributed by atoms with van der Waals surface area (Å²) in [5.41, 5.74) is 5.46. The molecule has 1 saturated heterocycles. The summed E-state index contributed by atoms with van der Waals surface area (Å²) in [6.07, 6.45) is 9.21. The van der Waals surface area contributed by atoms with E-state index < -0.39 is 6.23 Å². The van der Waals surface area contributed by atoms with Crippen LogP contribution < -0.4 is 5.32 Å². The summed E-state index contributed by atoms with van der Waals surface area (Å²) >= 11 is 0. The van der Waals surface area contributed by atoms with Crippen molar-refractivity contribution < 1.29 is 9.50 Å². The average molecular weight is 450 g/mol. The maximum Gasteiger partial charge on any atom is 0.152 e. The number of rotatable bonds is 7. The van der Waals surface area contributed by atoms with Gasteiger partial charge in [0.15, 0.2) is 6.23 Å². The van der Waals surface area contributed by atoms with Crippen molar-refractivity contribution in [2.75, 3.05) is 13.1 Å². The number of aliphatic hydroxyl groups excluding tert-OH is 1. The van der Waals surface area contributed by atoms with Gasteiger partial charge in [-0.3, -0.25) is 14.6 Å². The van der Waals surface area contributed by atoms with Crippen LogP contribution in [0.3, 0.4) is 0 Å². The van der Waals surface area contributed by atoms with E-state index in [-0.39, 0.29) is 5.82 Å². The highest BCUT2D eigenvalue weighted by molar-refractivity contribution is 5.32. The van der Waals surface area contributed by atoms with Gasteiger partial charge in [-0.25, -0.2) is 4.39 Å². The largest absolute Gasteiger partial charge is 0.372 e. The van der Waals surface area contributed by atoms with Crippen LogP contribution in [-0.4, -0.2) is 43.9 Å². The van der Waals surface area contributed by atoms with E-state index in [1.54, 1.807) is 0 Å². The Morgan fingerprint density at radius 3 is 2.55 bits per heavy atom. The molecule has 33 heavy (non-hydrogen) atoms. The quantitative estimate of drug-likeness (QED) is 0.577. The SMILES string of the molecule is OC(c1nn(Cc2ccncc2)c2c1CC(NCc1ccc(F)cc1)CC2)N1CCCCC1. The van der Waals surface area contributed by atoms with Crippen molar-refractivity contribution in [1.29, 1.82) is 0 Å². The molecule has 1 aromatic carbocycles. The number of aromatic nitrogens is 3. The molecule has 0 saturated carbocycles. The maximum atomic E-state index is 13.2. The van der Waals surface area contributed by atoms with Crippen LogP contribution in [0.2, 0.25) is 0 Å². The van der Waals surface area contributed by atoms with E-state index in [2.05, 4.69) is 19.9 Å². The highest BCUT2D eigenvalue weighted by Crippen LogP contribution is 2.31. The first-order chi connectivity index (χ1) is 16.2. The summed E-state index contributed by atoms with van der Waals surface area (Å²) in [6.45, 7) is 3.22. The van der Waals surface area contributed by atoms with Crippen molar-refractivity contribution in [3.8, 4) is 0 Å². The van der Waals surface area contributed by atoms with Crippen LogP contribution in [-0.2, 0) is 25.9 Å². The van der Waals surface area contributed by atoms with Crippen LogP contribution in [0, 0.1) is 5.82 Å². The van der Waals surface area contributed by atoms with Crippen LogP contribution in [0.4, 0.5) is 4.39 Å². The summed E-state index contributed by atoms with van der Waals surface area (Å²) < 4.78 is 15.3. The van der Waals surface area contributed by atoms with E-state index in [4.69, 9.17) is 5.10 Å². The highest BCUT2D eigenvalue weighted by Gasteiger charge is 2.31. The lowest BCUT2D eigenvalue weighted by Gasteiger charge is -2.31. The van der Waals surface area contributed by atoms with Gasteiger partial charge < -0.3 is 10.4 Å². The molecule has 2 unspecified atom stereocenters. The molecule has 2 aromatic heterocycles. The minimum Gasteiger partial charge on any atom is -0.372 e. The molecule has 1 fully saturated rings. The van der Waals surface area contributed by atoms with Crippen LogP contribution in [0.5, 0.6) is 0 Å². The lowest BCUT2D eigenvalue weighted by Crippen LogP contribution is -2.36. The van der Waals surface area contributed by atoms with Gasteiger partial charge in [0.1, 0.15) is 11.5 Å². The number of pyridine rings is 1. The van der Waals surface area contributed by atoms with E-state index in [9.17, 15) is 9.50 Å². The topological polar surface area (TPSA) is 66.2 Å². The zero-order valence-corrected chi connectivity index (χ0v) is 19.0. The summed E-state index contributed by atoms with van der Waals surface area (Å²) in [5, 5.41) is 19.9. The fourth-order valence-electron chi connectivity index (χ4n) is 5.09. The molecule has 0 bridgehead atoms. The van der Waals surface area contributed by atoms with Gasteiger partial charge in [-0.05, 0) is 67.5 Å². The molecule has 0 radical (unpaired) electrons. The molecular weight excluding hydrogens is 417 g/mol. The lowest BCUT2D eigenvalue weighted by molar-refractivity contribution is -0.0139. The Morgan fingerprint density at radius 1 is 1.03 bits per heavy atom. The predicted molar refractivity (Wildman–Crippen MR) is 125 cm³/mol. The normalized spacial score (nSPS) is 19.9. The van der Waals surface area contributed by atoms with Gasteiger partial charge in [-0.15, -0.1) is 0 Å². The Labute approximate surface area is 194 Å². The number of nitrogens with one attached hydrogen (secondary N) is 1. The molecule has 1 aliphatic heterocycles. The Balaban J connectivity index is 1.37. The second-order valence-corrected chi connectivity index (χ2v) is 9.24. The second kappa shape index (κ2) is 10.1. The van der Waals surface area contributed by atoms with E-state index in [1.165, 1.54) is 29.8 Å². The summed E-state index contributed by atoms with van der Waals surface area (Å²) in [6, 6.07) is 11.0. The Hall–Kier alpha value is -2.61. The second-order valence-electron chi connectivity index (χ2n) is 9.24. The van der Waals surface area contributed by atoms with Gasteiger partial charge in [0.05, 0.1) is 6.54 Å². The lowest BCUT2D eigenvalue weighted by atomic mass is 9.90. The maximum absolute atomic E-state index is 13.2. The summed E-state index contributed by atoms with van der Waals surface area (Å²) in [4.78, 5) is 6.29. The third kappa shape index (κ3) is 5.16. The van der Waals surface area contributed by atoms with Crippen molar-refractivity contribution in [3.63, 3.8) is 0 Å². The van der Waals surface area contributed by atoms with Gasteiger partial charge in [0.2, 0.25) is 0 Å². The molecule has 6 nitrogen and oxygen atoms in total. The molecule has 2 atom stereocenters. The number of likely N-dealkylation sites (tertiary alicyclic amines) is 1. The zero-order valence-electron chi connectivity index (χ0n) is 19.0. The number of halogens is 1. The summed E-state index contributed by atoms with van der Waals surface area (Å²) in [7, 11) is 0. The first-order valence-corrected chi connectivity index (χ1v) is 12.0. The molecule has 7 heteroatoms. The van der Waals surface area contributed by atoms with Crippen molar-refractivity contribution >= 4 is 0 Å². The third-order valence-corrected chi connectivity index (χ3v) is 6.95. The first kappa shape index (κ1) is 22.2. The minimum absolute atomic E-state index is 0.209. The summed E-state index contributed by atoms with van der Waals surface area (Å²) in [5.74, 6) is -0.209. The van der Waals surface area contributed by atoms with Crippen LogP contribution in [0.1, 0.15) is 60.0 Å². The molecule has 3 aromatic rings.